The van der Waals surface area contributed by atoms with Crippen LogP contribution in [0.3, 0.4) is 0 Å². The second-order valence-corrected chi connectivity index (χ2v) is 5.80. The summed E-state index contributed by atoms with van der Waals surface area (Å²) >= 11 is 0. The minimum atomic E-state index is 0.207. The molecule has 0 spiro atoms. The number of nitrogens with two attached hydrogens (primary N) is 1. The van der Waals surface area contributed by atoms with Gasteiger partial charge in [0.25, 0.3) is 0 Å². The lowest BCUT2D eigenvalue weighted by atomic mass is 9.72. The smallest absolute Gasteiger partial charge is 0.0597 e. The molecule has 3 heteroatoms. The van der Waals surface area contributed by atoms with Crippen molar-refractivity contribution in [2.45, 2.75) is 58.1 Å². The van der Waals surface area contributed by atoms with Gasteiger partial charge in [0.05, 0.1) is 12.7 Å². The quantitative estimate of drug-likeness (QED) is 0.776. The first-order valence-corrected chi connectivity index (χ1v) is 7.06. The Kier molecular flexibility index (Phi) is 5.90. The maximum Gasteiger partial charge on any atom is 0.0597 e. The number of hydrogen-bond donors (Lipinski definition) is 1. The standard InChI is InChI=1S/C14H30N2O/c1-12(2)17-10-9-16(4)14(11-15)8-6-5-7-13(14)3/h12-13H,5-11,15H2,1-4H3. The third kappa shape index (κ3) is 3.67. The molecule has 1 aliphatic rings. The average Bonchev–Trinajstić information content (AvgIpc) is 2.29. The van der Waals surface area contributed by atoms with Gasteiger partial charge >= 0.3 is 0 Å². The summed E-state index contributed by atoms with van der Waals surface area (Å²) in [5.41, 5.74) is 6.29. The fraction of sp³-hybridized carbons (Fsp3) is 1.00. The zero-order valence-electron chi connectivity index (χ0n) is 12.0. The first-order chi connectivity index (χ1) is 8.03. The molecule has 2 atom stereocenters. The van der Waals surface area contributed by atoms with Crippen molar-refractivity contribution in [1.82, 2.24) is 4.90 Å². The summed E-state index contributed by atoms with van der Waals surface area (Å²) in [5, 5.41) is 0. The van der Waals surface area contributed by atoms with E-state index >= 15 is 0 Å². The van der Waals surface area contributed by atoms with E-state index in [1.54, 1.807) is 0 Å². The Morgan fingerprint density at radius 1 is 1.41 bits per heavy atom. The lowest BCUT2D eigenvalue weighted by molar-refractivity contribution is -0.00214. The summed E-state index contributed by atoms with van der Waals surface area (Å²) in [5.74, 6) is 0.699. The van der Waals surface area contributed by atoms with E-state index in [0.717, 1.165) is 19.7 Å². The summed E-state index contributed by atoms with van der Waals surface area (Å²) < 4.78 is 5.65. The molecule has 0 aromatic rings. The topological polar surface area (TPSA) is 38.5 Å². The summed E-state index contributed by atoms with van der Waals surface area (Å²) in [6, 6.07) is 0. The highest BCUT2D eigenvalue weighted by atomic mass is 16.5. The highest BCUT2D eigenvalue weighted by Crippen LogP contribution is 2.36. The van der Waals surface area contributed by atoms with Crippen LogP contribution < -0.4 is 5.73 Å². The maximum atomic E-state index is 6.08. The molecule has 102 valence electrons. The molecule has 17 heavy (non-hydrogen) atoms. The highest BCUT2D eigenvalue weighted by molar-refractivity contribution is 4.97. The van der Waals surface area contributed by atoms with Gasteiger partial charge in [-0.25, -0.2) is 0 Å². The molecule has 1 saturated carbocycles. The van der Waals surface area contributed by atoms with Crippen LogP contribution in [-0.4, -0.2) is 43.3 Å². The Labute approximate surface area is 107 Å². The second-order valence-electron chi connectivity index (χ2n) is 5.80. The van der Waals surface area contributed by atoms with Gasteiger partial charge in [-0.15, -0.1) is 0 Å². The number of ether oxygens (including phenoxy) is 1. The number of likely N-dealkylation sites (N-methyl/N-ethyl adjacent to an activating group) is 1. The first-order valence-electron chi connectivity index (χ1n) is 7.06. The van der Waals surface area contributed by atoms with E-state index in [-0.39, 0.29) is 5.54 Å². The normalized spacial score (nSPS) is 30.2. The third-order valence-corrected chi connectivity index (χ3v) is 4.41. The van der Waals surface area contributed by atoms with Gasteiger partial charge < -0.3 is 10.5 Å². The minimum absolute atomic E-state index is 0.207. The van der Waals surface area contributed by atoms with Crippen molar-refractivity contribution in [3.63, 3.8) is 0 Å². The molecule has 0 bridgehead atoms. The van der Waals surface area contributed by atoms with E-state index in [0.29, 0.717) is 12.0 Å². The lowest BCUT2D eigenvalue weighted by Crippen LogP contribution is -2.58. The van der Waals surface area contributed by atoms with Crippen molar-refractivity contribution in [1.29, 1.82) is 0 Å². The minimum Gasteiger partial charge on any atom is -0.377 e. The van der Waals surface area contributed by atoms with E-state index in [1.165, 1.54) is 25.7 Å². The molecule has 1 fully saturated rings. The van der Waals surface area contributed by atoms with E-state index in [1.807, 2.05) is 0 Å². The summed E-state index contributed by atoms with van der Waals surface area (Å²) in [7, 11) is 2.21. The van der Waals surface area contributed by atoms with Gasteiger partial charge in [0.2, 0.25) is 0 Å². The number of rotatable bonds is 6. The molecule has 0 aromatic carbocycles. The zero-order valence-corrected chi connectivity index (χ0v) is 12.0. The molecule has 0 heterocycles. The average molecular weight is 242 g/mol. The van der Waals surface area contributed by atoms with Gasteiger partial charge in [-0.3, -0.25) is 4.90 Å². The molecular weight excluding hydrogens is 212 g/mol. The van der Waals surface area contributed by atoms with E-state index in [9.17, 15) is 0 Å². The first kappa shape index (κ1) is 14.9. The zero-order chi connectivity index (χ0) is 12.9. The highest BCUT2D eigenvalue weighted by Gasteiger charge is 2.40. The van der Waals surface area contributed by atoms with Crippen LogP contribution in [0.15, 0.2) is 0 Å². The number of hydrogen-bond acceptors (Lipinski definition) is 3. The molecule has 0 aromatic heterocycles. The fourth-order valence-corrected chi connectivity index (χ4v) is 3.07. The Bertz CT molecular complexity index is 220. The van der Waals surface area contributed by atoms with Crippen LogP contribution in [0.2, 0.25) is 0 Å². The Balaban J connectivity index is 2.52. The van der Waals surface area contributed by atoms with Crippen molar-refractivity contribution >= 4 is 0 Å². The van der Waals surface area contributed by atoms with Gasteiger partial charge in [-0.05, 0) is 39.7 Å². The molecule has 0 amide bonds. The monoisotopic (exact) mass is 242 g/mol. The van der Waals surface area contributed by atoms with Crippen molar-refractivity contribution in [2.24, 2.45) is 11.7 Å². The van der Waals surface area contributed by atoms with Crippen LogP contribution in [0.25, 0.3) is 0 Å². The SMILES string of the molecule is CC(C)OCCN(C)C1(CN)CCCCC1C. The van der Waals surface area contributed by atoms with E-state index < -0.39 is 0 Å². The van der Waals surface area contributed by atoms with E-state index in [2.05, 4.69) is 32.7 Å². The molecule has 1 aliphatic carbocycles. The Morgan fingerprint density at radius 3 is 2.65 bits per heavy atom. The fourth-order valence-electron chi connectivity index (χ4n) is 3.07. The van der Waals surface area contributed by atoms with Crippen molar-refractivity contribution in [3.05, 3.63) is 0 Å². The molecule has 0 aliphatic heterocycles. The molecule has 0 saturated heterocycles. The molecule has 0 radical (unpaired) electrons. The lowest BCUT2D eigenvalue weighted by Gasteiger charge is -2.48. The third-order valence-electron chi connectivity index (χ3n) is 4.41. The maximum absolute atomic E-state index is 6.08. The van der Waals surface area contributed by atoms with Gasteiger partial charge in [0.15, 0.2) is 0 Å². The van der Waals surface area contributed by atoms with Gasteiger partial charge in [-0.1, -0.05) is 19.8 Å². The molecule has 2 unspecified atom stereocenters. The van der Waals surface area contributed by atoms with Gasteiger partial charge in [0.1, 0.15) is 0 Å². The van der Waals surface area contributed by atoms with Crippen molar-refractivity contribution in [3.8, 4) is 0 Å². The van der Waals surface area contributed by atoms with Gasteiger partial charge in [-0.2, -0.15) is 0 Å². The van der Waals surface area contributed by atoms with Crippen LogP contribution in [0.1, 0.15) is 46.5 Å². The Hall–Kier alpha value is -0.120. The van der Waals surface area contributed by atoms with Crippen LogP contribution in [0, 0.1) is 5.92 Å². The van der Waals surface area contributed by atoms with Crippen LogP contribution in [-0.2, 0) is 4.74 Å². The van der Waals surface area contributed by atoms with Crippen LogP contribution in [0.5, 0.6) is 0 Å². The van der Waals surface area contributed by atoms with Gasteiger partial charge in [0, 0.05) is 18.6 Å². The summed E-state index contributed by atoms with van der Waals surface area (Å²) in [4.78, 5) is 2.44. The summed E-state index contributed by atoms with van der Waals surface area (Å²) in [6.07, 6.45) is 5.55. The predicted molar refractivity (Wildman–Crippen MR) is 73.1 cm³/mol. The molecule has 3 nitrogen and oxygen atoms in total. The molecule has 1 rings (SSSR count). The van der Waals surface area contributed by atoms with Crippen LogP contribution >= 0.6 is 0 Å². The Morgan fingerprint density at radius 2 is 2.12 bits per heavy atom. The molecule has 2 N–H and O–H groups in total. The predicted octanol–water partition coefficient (Wildman–Crippen LogP) is 2.25. The van der Waals surface area contributed by atoms with Crippen molar-refractivity contribution in [2.75, 3.05) is 26.7 Å². The largest absolute Gasteiger partial charge is 0.377 e. The van der Waals surface area contributed by atoms with E-state index in [4.69, 9.17) is 10.5 Å². The van der Waals surface area contributed by atoms with Crippen molar-refractivity contribution < 1.29 is 4.74 Å². The number of nitrogens with zero attached hydrogens (tertiary/aromatic N) is 1. The second kappa shape index (κ2) is 6.72. The summed E-state index contributed by atoms with van der Waals surface area (Å²) in [6.45, 7) is 9.09. The molecular formula is C14H30N2O. The van der Waals surface area contributed by atoms with Crippen LogP contribution in [0.4, 0.5) is 0 Å².